The van der Waals surface area contributed by atoms with Gasteiger partial charge in [0.2, 0.25) is 10.0 Å². The standard InChI is InChI=1S/C18H26N2O5S/c1-12(2)9-19-26(24,25)16-6-4-14(5-7-16)17(21)20-10-13(3)8-15(11-20)18(22)23/h4-7,12-13,15,19H,8-11H2,1-3H3,(H,22,23). The highest BCUT2D eigenvalue weighted by atomic mass is 32.2. The first kappa shape index (κ1) is 20.4. The summed E-state index contributed by atoms with van der Waals surface area (Å²) in [6, 6.07) is 5.75. The molecule has 7 nitrogen and oxygen atoms in total. The Balaban J connectivity index is 2.12. The second kappa shape index (κ2) is 8.18. The molecule has 0 aliphatic carbocycles. The summed E-state index contributed by atoms with van der Waals surface area (Å²) in [6.07, 6.45) is 0.553. The Bertz CT molecular complexity index is 758. The molecule has 144 valence electrons. The number of hydrogen-bond acceptors (Lipinski definition) is 4. The molecule has 1 aromatic rings. The molecule has 2 N–H and O–H groups in total. The predicted molar refractivity (Wildman–Crippen MR) is 97.3 cm³/mol. The fourth-order valence-electron chi connectivity index (χ4n) is 3.02. The van der Waals surface area contributed by atoms with Crippen LogP contribution in [0.4, 0.5) is 0 Å². The van der Waals surface area contributed by atoms with Gasteiger partial charge in [-0.25, -0.2) is 13.1 Å². The van der Waals surface area contributed by atoms with E-state index in [-0.39, 0.29) is 29.2 Å². The lowest BCUT2D eigenvalue weighted by atomic mass is 9.90. The summed E-state index contributed by atoms with van der Waals surface area (Å²) in [7, 11) is -3.60. The molecule has 1 aliphatic rings. The van der Waals surface area contributed by atoms with E-state index in [1.165, 1.54) is 29.2 Å². The molecule has 1 amide bonds. The molecule has 1 saturated heterocycles. The lowest BCUT2D eigenvalue weighted by Gasteiger charge is -2.34. The lowest BCUT2D eigenvalue weighted by molar-refractivity contribution is -0.143. The van der Waals surface area contributed by atoms with E-state index in [0.717, 1.165) is 0 Å². The summed E-state index contributed by atoms with van der Waals surface area (Å²) < 4.78 is 26.9. The van der Waals surface area contributed by atoms with E-state index in [2.05, 4.69) is 4.72 Å². The molecule has 1 fully saturated rings. The molecule has 2 unspecified atom stereocenters. The van der Waals surface area contributed by atoms with Crippen LogP contribution in [0, 0.1) is 17.8 Å². The number of nitrogens with zero attached hydrogens (tertiary/aromatic N) is 1. The molecule has 8 heteroatoms. The van der Waals surface area contributed by atoms with E-state index in [4.69, 9.17) is 0 Å². The zero-order valence-electron chi connectivity index (χ0n) is 15.3. The summed E-state index contributed by atoms with van der Waals surface area (Å²) in [4.78, 5) is 25.6. The highest BCUT2D eigenvalue weighted by Gasteiger charge is 2.32. The summed E-state index contributed by atoms with van der Waals surface area (Å²) in [5.41, 5.74) is 0.353. The fraction of sp³-hybridized carbons (Fsp3) is 0.556. The van der Waals surface area contributed by atoms with E-state index in [9.17, 15) is 23.1 Å². The van der Waals surface area contributed by atoms with Gasteiger partial charge in [-0.05, 0) is 42.5 Å². The number of nitrogens with one attached hydrogen (secondary N) is 1. The Labute approximate surface area is 154 Å². The van der Waals surface area contributed by atoms with Crippen LogP contribution in [0.2, 0.25) is 0 Å². The van der Waals surface area contributed by atoms with Crippen molar-refractivity contribution in [1.82, 2.24) is 9.62 Å². The zero-order chi connectivity index (χ0) is 19.5. The third-order valence-corrected chi connectivity index (χ3v) is 5.83. The predicted octanol–water partition coefficient (Wildman–Crippen LogP) is 1.80. The van der Waals surface area contributed by atoms with Crippen LogP contribution in [0.1, 0.15) is 37.6 Å². The normalized spacial score (nSPS) is 21.0. The maximum Gasteiger partial charge on any atom is 0.308 e. The first-order valence-corrected chi connectivity index (χ1v) is 10.2. The average Bonchev–Trinajstić information content (AvgIpc) is 2.59. The first-order valence-electron chi connectivity index (χ1n) is 8.72. The van der Waals surface area contributed by atoms with Crippen molar-refractivity contribution in [3.8, 4) is 0 Å². The van der Waals surface area contributed by atoms with Gasteiger partial charge < -0.3 is 10.0 Å². The van der Waals surface area contributed by atoms with E-state index in [1.807, 2.05) is 20.8 Å². The number of sulfonamides is 1. The van der Waals surface area contributed by atoms with Crippen molar-refractivity contribution in [2.45, 2.75) is 32.1 Å². The molecule has 0 saturated carbocycles. The highest BCUT2D eigenvalue weighted by molar-refractivity contribution is 7.89. The number of rotatable bonds is 6. The minimum atomic E-state index is -3.60. The van der Waals surface area contributed by atoms with Crippen LogP contribution < -0.4 is 4.72 Å². The van der Waals surface area contributed by atoms with Crippen LogP contribution in [0.3, 0.4) is 0 Å². The molecule has 0 spiro atoms. The third kappa shape index (κ3) is 5.04. The number of hydrogen-bond donors (Lipinski definition) is 2. The number of carboxylic acid groups (broad SMARTS) is 1. The van der Waals surface area contributed by atoms with Crippen LogP contribution >= 0.6 is 0 Å². The number of aliphatic carboxylic acids is 1. The third-order valence-electron chi connectivity index (χ3n) is 4.39. The van der Waals surface area contributed by atoms with Crippen molar-refractivity contribution in [2.24, 2.45) is 17.8 Å². The Morgan fingerprint density at radius 3 is 2.38 bits per heavy atom. The number of likely N-dealkylation sites (tertiary alicyclic amines) is 1. The van der Waals surface area contributed by atoms with Crippen molar-refractivity contribution in [1.29, 1.82) is 0 Å². The molecule has 0 radical (unpaired) electrons. The summed E-state index contributed by atoms with van der Waals surface area (Å²) >= 11 is 0. The quantitative estimate of drug-likeness (QED) is 0.781. The monoisotopic (exact) mass is 382 g/mol. The van der Waals surface area contributed by atoms with Gasteiger partial charge >= 0.3 is 5.97 Å². The Kier molecular flexibility index (Phi) is 6.41. The molecule has 2 atom stereocenters. The minimum absolute atomic E-state index is 0.102. The number of carbonyl (C=O) groups excluding carboxylic acids is 1. The van der Waals surface area contributed by atoms with Crippen LogP contribution in [-0.4, -0.2) is 49.9 Å². The van der Waals surface area contributed by atoms with Crippen LogP contribution in [0.25, 0.3) is 0 Å². The number of piperidine rings is 1. The van der Waals surface area contributed by atoms with E-state index >= 15 is 0 Å². The van der Waals surface area contributed by atoms with Gasteiger partial charge in [0.1, 0.15) is 0 Å². The van der Waals surface area contributed by atoms with Crippen molar-refractivity contribution < 1.29 is 23.1 Å². The molecular formula is C18H26N2O5S. The van der Waals surface area contributed by atoms with E-state index in [1.54, 1.807) is 0 Å². The van der Waals surface area contributed by atoms with Crippen LogP contribution in [0.5, 0.6) is 0 Å². The van der Waals surface area contributed by atoms with Crippen molar-refractivity contribution in [2.75, 3.05) is 19.6 Å². The Morgan fingerprint density at radius 2 is 1.85 bits per heavy atom. The number of benzene rings is 1. The number of carbonyl (C=O) groups is 2. The topological polar surface area (TPSA) is 104 Å². The number of amides is 1. The van der Waals surface area contributed by atoms with E-state index < -0.39 is 21.9 Å². The largest absolute Gasteiger partial charge is 0.481 e. The molecule has 1 heterocycles. The van der Waals surface area contributed by atoms with Gasteiger partial charge in [-0.3, -0.25) is 9.59 Å². The molecule has 1 aliphatic heterocycles. The van der Waals surface area contributed by atoms with Gasteiger partial charge in [-0.2, -0.15) is 0 Å². The van der Waals surface area contributed by atoms with Gasteiger partial charge in [-0.1, -0.05) is 20.8 Å². The van der Waals surface area contributed by atoms with Gasteiger partial charge in [0.15, 0.2) is 0 Å². The molecule has 26 heavy (non-hydrogen) atoms. The van der Waals surface area contributed by atoms with Crippen LogP contribution in [-0.2, 0) is 14.8 Å². The maximum absolute atomic E-state index is 12.7. The number of carboxylic acids is 1. The average molecular weight is 382 g/mol. The van der Waals surface area contributed by atoms with Crippen LogP contribution in [0.15, 0.2) is 29.2 Å². The lowest BCUT2D eigenvalue weighted by Crippen LogP contribution is -2.45. The fourth-order valence-corrected chi connectivity index (χ4v) is 4.23. The van der Waals surface area contributed by atoms with Crippen molar-refractivity contribution in [3.05, 3.63) is 29.8 Å². The van der Waals surface area contributed by atoms with Crippen molar-refractivity contribution in [3.63, 3.8) is 0 Å². The second-order valence-electron chi connectivity index (χ2n) is 7.36. The van der Waals surface area contributed by atoms with E-state index in [0.29, 0.717) is 25.1 Å². The zero-order valence-corrected chi connectivity index (χ0v) is 16.1. The minimum Gasteiger partial charge on any atom is -0.481 e. The molecule has 0 bridgehead atoms. The highest BCUT2D eigenvalue weighted by Crippen LogP contribution is 2.23. The second-order valence-corrected chi connectivity index (χ2v) is 9.12. The SMILES string of the molecule is CC(C)CNS(=O)(=O)c1ccc(C(=O)N2CC(C)CC(C(=O)O)C2)cc1. The van der Waals surface area contributed by atoms with Gasteiger partial charge in [0.25, 0.3) is 5.91 Å². The summed E-state index contributed by atoms with van der Waals surface area (Å²) in [5.74, 6) is -1.45. The molecule has 2 rings (SSSR count). The Morgan fingerprint density at radius 1 is 1.23 bits per heavy atom. The maximum atomic E-state index is 12.7. The molecule has 1 aromatic carbocycles. The summed E-state index contributed by atoms with van der Waals surface area (Å²) in [6.45, 7) is 6.76. The molecular weight excluding hydrogens is 356 g/mol. The van der Waals surface area contributed by atoms with Gasteiger partial charge in [0, 0.05) is 25.2 Å². The van der Waals surface area contributed by atoms with Gasteiger partial charge in [-0.15, -0.1) is 0 Å². The van der Waals surface area contributed by atoms with Gasteiger partial charge in [0.05, 0.1) is 10.8 Å². The first-order chi connectivity index (χ1) is 12.1. The van der Waals surface area contributed by atoms with Crippen molar-refractivity contribution >= 4 is 21.9 Å². The smallest absolute Gasteiger partial charge is 0.308 e. The summed E-state index contributed by atoms with van der Waals surface area (Å²) in [5, 5.41) is 9.23. The molecule has 0 aromatic heterocycles. The Hall–Kier alpha value is -1.93.